The van der Waals surface area contributed by atoms with Gasteiger partial charge in [-0.2, -0.15) is 0 Å². The third kappa shape index (κ3) is 5.49. The first-order chi connectivity index (χ1) is 13.5. The SMILES string of the molecule is C[C@H](Oc1ccc(C(=O)Nc2ccccc2Cl)cc1)C(=O)OC1CCCCC1. The van der Waals surface area contributed by atoms with Crippen molar-refractivity contribution < 1.29 is 19.1 Å². The second kappa shape index (κ2) is 9.60. The molecule has 1 amide bonds. The van der Waals surface area contributed by atoms with Crippen LogP contribution in [0.2, 0.25) is 5.02 Å². The average molecular weight is 402 g/mol. The highest BCUT2D eigenvalue weighted by atomic mass is 35.5. The van der Waals surface area contributed by atoms with E-state index in [1.807, 2.05) is 0 Å². The van der Waals surface area contributed by atoms with E-state index in [1.165, 1.54) is 6.42 Å². The van der Waals surface area contributed by atoms with E-state index in [0.29, 0.717) is 22.0 Å². The van der Waals surface area contributed by atoms with Crippen molar-refractivity contribution in [1.82, 2.24) is 0 Å². The number of carbonyl (C=O) groups is 2. The highest BCUT2D eigenvalue weighted by Gasteiger charge is 2.23. The number of hydrogen-bond acceptors (Lipinski definition) is 4. The molecule has 1 aliphatic rings. The van der Waals surface area contributed by atoms with Gasteiger partial charge in [0.2, 0.25) is 0 Å². The van der Waals surface area contributed by atoms with Gasteiger partial charge in [-0.3, -0.25) is 4.79 Å². The Morgan fingerprint density at radius 1 is 1.04 bits per heavy atom. The van der Waals surface area contributed by atoms with Gasteiger partial charge in [-0.15, -0.1) is 0 Å². The smallest absolute Gasteiger partial charge is 0.347 e. The fraction of sp³-hybridized carbons (Fsp3) is 0.364. The molecule has 6 heteroatoms. The number of para-hydroxylation sites is 1. The Hall–Kier alpha value is -2.53. The quantitative estimate of drug-likeness (QED) is 0.672. The molecule has 0 spiro atoms. The van der Waals surface area contributed by atoms with E-state index < -0.39 is 6.10 Å². The minimum absolute atomic E-state index is 0.00295. The molecule has 1 saturated carbocycles. The Bertz CT molecular complexity index is 816. The summed E-state index contributed by atoms with van der Waals surface area (Å²) in [5.41, 5.74) is 1.01. The van der Waals surface area contributed by atoms with Gasteiger partial charge in [-0.25, -0.2) is 4.79 Å². The molecule has 1 atom stereocenters. The van der Waals surface area contributed by atoms with Crippen LogP contribution in [0.1, 0.15) is 49.4 Å². The first kappa shape index (κ1) is 20.2. The van der Waals surface area contributed by atoms with Crippen LogP contribution >= 0.6 is 11.6 Å². The minimum atomic E-state index is -0.704. The lowest BCUT2D eigenvalue weighted by atomic mass is 9.98. The average Bonchev–Trinajstić information content (AvgIpc) is 2.71. The second-order valence-corrected chi connectivity index (χ2v) is 7.32. The van der Waals surface area contributed by atoms with Crippen LogP contribution < -0.4 is 10.1 Å². The molecule has 0 saturated heterocycles. The lowest BCUT2D eigenvalue weighted by Gasteiger charge is -2.23. The van der Waals surface area contributed by atoms with E-state index in [-0.39, 0.29) is 18.0 Å². The number of amides is 1. The number of esters is 1. The zero-order valence-corrected chi connectivity index (χ0v) is 16.6. The van der Waals surface area contributed by atoms with Crippen LogP contribution in [0.3, 0.4) is 0 Å². The number of ether oxygens (including phenoxy) is 2. The standard InChI is InChI=1S/C22H24ClNO4/c1-15(22(26)28-17-7-3-2-4-8-17)27-18-13-11-16(12-14-18)21(25)24-20-10-6-5-9-19(20)23/h5-6,9-15,17H,2-4,7-8H2,1H3,(H,24,25)/t15-/m0/s1. The molecular weight excluding hydrogens is 378 g/mol. The van der Waals surface area contributed by atoms with E-state index in [1.54, 1.807) is 55.5 Å². The number of anilines is 1. The molecular formula is C22H24ClNO4. The number of rotatable bonds is 6. The van der Waals surface area contributed by atoms with Crippen molar-refractivity contribution in [1.29, 1.82) is 0 Å². The van der Waals surface area contributed by atoms with E-state index in [9.17, 15) is 9.59 Å². The maximum absolute atomic E-state index is 12.3. The minimum Gasteiger partial charge on any atom is -0.479 e. The predicted octanol–water partition coefficient (Wildman–Crippen LogP) is 5.24. The predicted molar refractivity (Wildman–Crippen MR) is 109 cm³/mol. The van der Waals surface area contributed by atoms with Crippen molar-refractivity contribution in [2.75, 3.05) is 5.32 Å². The summed E-state index contributed by atoms with van der Waals surface area (Å²) in [7, 11) is 0. The number of carbonyl (C=O) groups excluding carboxylic acids is 2. The molecule has 0 aliphatic heterocycles. The number of hydrogen-bond donors (Lipinski definition) is 1. The van der Waals surface area contributed by atoms with Crippen LogP contribution in [0.5, 0.6) is 5.75 Å². The Morgan fingerprint density at radius 3 is 2.39 bits per heavy atom. The zero-order chi connectivity index (χ0) is 19.9. The van der Waals surface area contributed by atoms with Gasteiger partial charge in [0.15, 0.2) is 6.10 Å². The van der Waals surface area contributed by atoms with Crippen molar-refractivity contribution in [3.8, 4) is 5.75 Å². The van der Waals surface area contributed by atoms with Gasteiger partial charge in [-0.1, -0.05) is 30.2 Å². The number of nitrogens with one attached hydrogen (secondary N) is 1. The summed E-state index contributed by atoms with van der Waals surface area (Å²) >= 11 is 6.06. The maximum atomic E-state index is 12.3. The second-order valence-electron chi connectivity index (χ2n) is 6.92. The molecule has 0 heterocycles. The maximum Gasteiger partial charge on any atom is 0.347 e. The monoisotopic (exact) mass is 401 g/mol. The van der Waals surface area contributed by atoms with Crippen LogP contribution in [0.25, 0.3) is 0 Å². The van der Waals surface area contributed by atoms with Crippen LogP contribution in [-0.4, -0.2) is 24.1 Å². The molecule has 28 heavy (non-hydrogen) atoms. The molecule has 0 radical (unpaired) electrons. The van der Waals surface area contributed by atoms with Crippen molar-refractivity contribution in [3.05, 3.63) is 59.1 Å². The topological polar surface area (TPSA) is 64.6 Å². The molecule has 1 fully saturated rings. The molecule has 148 valence electrons. The van der Waals surface area contributed by atoms with Crippen LogP contribution in [0.15, 0.2) is 48.5 Å². The molecule has 1 aliphatic carbocycles. The Kier molecular flexibility index (Phi) is 6.93. The van der Waals surface area contributed by atoms with Gasteiger partial charge in [0.05, 0.1) is 10.7 Å². The van der Waals surface area contributed by atoms with Gasteiger partial charge in [-0.05, 0) is 69.0 Å². The zero-order valence-electron chi connectivity index (χ0n) is 15.8. The fourth-order valence-electron chi connectivity index (χ4n) is 3.14. The van der Waals surface area contributed by atoms with Crippen molar-refractivity contribution in [3.63, 3.8) is 0 Å². The normalized spacial score (nSPS) is 15.5. The third-order valence-corrected chi connectivity index (χ3v) is 5.05. The van der Waals surface area contributed by atoms with Crippen LogP contribution in [0, 0.1) is 0 Å². The van der Waals surface area contributed by atoms with Crippen LogP contribution in [0.4, 0.5) is 5.69 Å². The highest BCUT2D eigenvalue weighted by Crippen LogP contribution is 2.23. The molecule has 1 N–H and O–H groups in total. The summed E-state index contributed by atoms with van der Waals surface area (Å²) in [5.74, 6) is -0.126. The van der Waals surface area contributed by atoms with Gasteiger partial charge >= 0.3 is 5.97 Å². The summed E-state index contributed by atoms with van der Waals surface area (Å²) < 4.78 is 11.2. The fourth-order valence-corrected chi connectivity index (χ4v) is 3.32. The van der Waals surface area contributed by atoms with Crippen molar-refractivity contribution in [2.24, 2.45) is 0 Å². The summed E-state index contributed by atoms with van der Waals surface area (Å²) in [6.07, 6.45) is 4.56. The molecule has 2 aromatic rings. The Morgan fingerprint density at radius 2 is 1.71 bits per heavy atom. The molecule has 0 unspecified atom stereocenters. The lowest BCUT2D eigenvalue weighted by molar-refractivity contribution is -0.158. The molecule has 0 aromatic heterocycles. The lowest BCUT2D eigenvalue weighted by Crippen LogP contribution is -2.31. The first-order valence-corrected chi connectivity index (χ1v) is 9.94. The Balaban J connectivity index is 1.54. The molecule has 3 rings (SSSR count). The summed E-state index contributed by atoms with van der Waals surface area (Å²) in [4.78, 5) is 24.5. The van der Waals surface area contributed by atoms with Crippen LogP contribution in [-0.2, 0) is 9.53 Å². The van der Waals surface area contributed by atoms with Gasteiger partial charge < -0.3 is 14.8 Å². The highest BCUT2D eigenvalue weighted by molar-refractivity contribution is 6.33. The number of benzene rings is 2. The summed E-state index contributed by atoms with van der Waals surface area (Å²) in [6.45, 7) is 1.67. The summed E-state index contributed by atoms with van der Waals surface area (Å²) in [5, 5.41) is 3.24. The van der Waals surface area contributed by atoms with Crippen molar-refractivity contribution in [2.45, 2.75) is 51.2 Å². The Labute approximate surface area is 170 Å². The molecule has 2 aromatic carbocycles. The van der Waals surface area contributed by atoms with Gasteiger partial charge in [0, 0.05) is 5.56 Å². The molecule has 5 nitrogen and oxygen atoms in total. The van der Waals surface area contributed by atoms with E-state index >= 15 is 0 Å². The van der Waals surface area contributed by atoms with Crippen molar-refractivity contribution >= 4 is 29.2 Å². The van der Waals surface area contributed by atoms with E-state index in [2.05, 4.69) is 5.32 Å². The first-order valence-electron chi connectivity index (χ1n) is 9.56. The van der Waals surface area contributed by atoms with Gasteiger partial charge in [0.1, 0.15) is 11.9 Å². The number of halogens is 1. The molecule has 0 bridgehead atoms. The largest absolute Gasteiger partial charge is 0.479 e. The third-order valence-electron chi connectivity index (χ3n) is 4.72. The summed E-state index contributed by atoms with van der Waals surface area (Å²) in [6, 6.07) is 13.6. The van der Waals surface area contributed by atoms with E-state index in [0.717, 1.165) is 25.7 Å². The van der Waals surface area contributed by atoms with E-state index in [4.69, 9.17) is 21.1 Å². The van der Waals surface area contributed by atoms with Gasteiger partial charge in [0.25, 0.3) is 5.91 Å².